The summed E-state index contributed by atoms with van der Waals surface area (Å²) in [6, 6.07) is 12.4. The van der Waals surface area contributed by atoms with E-state index in [0.717, 1.165) is 29.5 Å². The van der Waals surface area contributed by atoms with Crippen molar-refractivity contribution in [2.75, 3.05) is 31.1 Å². The zero-order valence-corrected chi connectivity index (χ0v) is 15.0. The molecule has 1 aliphatic heterocycles. The van der Waals surface area contributed by atoms with Gasteiger partial charge in [-0.05, 0) is 29.1 Å². The molecule has 1 N–H and O–H groups in total. The van der Waals surface area contributed by atoms with Crippen LogP contribution in [-0.4, -0.2) is 47.2 Å². The summed E-state index contributed by atoms with van der Waals surface area (Å²) in [6.45, 7) is 2.78. The second-order valence-corrected chi connectivity index (χ2v) is 7.24. The highest BCUT2D eigenvalue weighted by molar-refractivity contribution is 7.13. The second kappa shape index (κ2) is 7.29. The summed E-state index contributed by atoms with van der Waals surface area (Å²) in [5, 5.41) is 9.53. The van der Waals surface area contributed by atoms with E-state index >= 15 is 0 Å². The number of aromatic nitrogens is 2. The van der Waals surface area contributed by atoms with Crippen molar-refractivity contribution in [2.24, 2.45) is 0 Å². The largest absolute Gasteiger partial charge is 0.352 e. The molecular formula is C19H19FN4OS. The maximum absolute atomic E-state index is 13.3. The van der Waals surface area contributed by atoms with Crippen LogP contribution in [0.1, 0.15) is 5.56 Å². The Bertz CT molecular complexity index is 885. The molecule has 1 saturated heterocycles. The number of hydrogen-bond acceptors (Lipinski definition) is 4. The van der Waals surface area contributed by atoms with Crippen molar-refractivity contribution < 1.29 is 9.18 Å². The molecule has 0 radical (unpaired) electrons. The summed E-state index contributed by atoms with van der Waals surface area (Å²) < 4.78 is 13.3. The van der Waals surface area contributed by atoms with E-state index in [0.29, 0.717) is 18.7 Å². The fourth-order valence-corrected chi connectivity index (χ4v) is 3.84. The number of hydrogen-bond donors (Lipinski definition) is 1. The van der Waals surface area contributed by atoms with E-state index < -0.39 is 0 Å². The van der Waals surface area contributed by atoms with Crippen molar-refractivity contribution in [1.82, 2.24) is 15.1 Å². The molecule has 0 saturated carbocycles. The lowest BCUT2D eigenvalue weighted by Gasteiger charge is -2.34. The normalized spacial score (nSPS) is 14.7. The summed E-state index contributed by atoms with van der Waals surface area (Å²) in [5.74, 6) is 0.641. The number of carbonyl (C=O) groups excluding carboxylic acids is 1. The van der Waals surface area contributed by atoms with Gasteiger partial charge in [0.2, 0.25) is 5.91 Å². The first-order valence-electron chi connectivity index (χ1n) is 8.55. The van der Waals surface area contributed by atoms with Crippen LogP contribution in [0, 0.1) is 5.82 Å². The first kappa shape index (κ1) is 16.8. The number of carbonyl (C=O) groups is 1. The fraction of sp³-hybridized carbons (Fsp3) is 0.263. The molecule has 0 spiro atoms. The molecule has 0 atom stereocenters. The molecule has 2 aromatic heterocycles. The number of amides is 1. The molecule has 1 aromatic carbocycles. The predicted molar refractivity (Wildman–Crippen MR) is 101 cm³/mol. The molecule has 3 aromatic rings. The van der Waals surface area contributed by atoms with Gasteiger partial charge in [0.05, 0.1) is 17.0 Å². The number of rotatable bonds is 4. The number of thiophene rings is 1. The minimum absolute atomic E-state index is 0.0385. The van der Waals surface area contributed by atoms with Gasteiger partial charge < -0.3 is 9.80 Å². The standard InChI is InChI=1S/C19H19FN4OS/c20-15-4-1-3-14(11-15)12-19(25)24-8-6-23(7-9-24)18-13-16(21-22-18)17-5-2-10-26-17/h1-5,10-11,13H,6-9,12H2,(H,21,22). The first-order chi connectivity index (χ1) is 12.7. The van der Waals surface area contributed by atoms with Gasteiger partial charge >= 0.3 is 0 Å². The fourth-order valence-electron chi connectivity index (χ4n) is 3.15. The molecule has 5 nitrogen and oxygen atoms in total. The molecule has 1 fully saturated rings. The van der Waals surface area contributed by atoms with Gasteiger partial charge in [-0.2, -0.15) is 5.10 Å². The highest BCUT2D eigenvalue weighted by Gasteiger charge is 2.23. The molecular weight excluding hydrogens is 351 g/mol. The monoisotopic (exact) mass is 370 g/mol. The molecule has 134 valence electrons. The van der Waals surface area contributed by atoms with Gasteiger partial charge in [-0.25, -0.2) is 4.39 Å². The number of piperazine rings is 1. The maximum Gasteiger partial charge on any atom is 0.227 e. The molecule has 7 heteroatoms. The number of anilines is 1. The van der Waals surface area contributed by atoms with Gasteiger partial charge in [-0.1, -0.05) is 18.2 Å². The van der Waals surface area contributed by atoms with Crippen LogP contribution < -0.4 is 4.90 Å². The topological polar surface area (TPSA) is 52.2 Å². The number of halogens is 1. The van der Waals surface area contributed by atoms with Crippen LogP contribution in [0.2, 0.25) is 0 Å². The third-order valence-corrected chi connectivity index (χ3v) is 5.45. The molecule has 0 bridgehead atoms. The zero-order valence-electron chi connectivity index (χ0n) is 14.2. The lowest BCUT2D eigenvalue weighted by molar-refractivity contribution is -0.130. The molecule has 1 aliphatic rings. The highest BCUT2D eigenvalue weighted by atomic mass is 32.1. The van der Waals surface area contributed by atoms with Gasteiger partial charge in [0.1, 0.15) is 5.82 Å². The lowest BCUT2D eigenvalue weighted by atomic mass is 10.1. The van der Waals surface area contributed by atoms with Gasteiger partial charge in [0.25, 0.3) is 0 Å². The van der Waals surface area contributed by atoms with Crippen LogP contribution in [0.3, 0.4) is 0 Å². The average Bonchev–Trinajstić information content (AvgIpc) is 3.33. The smallest absolute Gasteiger partial charge is 0.227 e. The Labute approximate surface area is 155 Å². The van der Waals surface area contributed by atoms with Gasteiger partial charge in [-0.3, -0.25) is 9.89 Å². The van der Waals surface area contributed by atoms with E-state index in [1.165, 1.54) is 12.1 Å². The number of benzene rings is 1. The van der Waals surface area contributed by atoms with Crippen molar-refractivity contribution in [2.45, 2.75) is 6.42 Å². The van der Waals surface area contributed by atoms with Crippen LogP contribution >= 0.6 is 11.3 Å². The Balaban J connectivity index is 1.34. The molecule has 26 heavy (non-hydrogen) atoms. The van der Waals surface area contributed by atoms with Crippen LogP contribution in [-0.2, 0) is 11.2 Å². The lowest BCUT2D eigenvalue weighted by Crippen LogP contribution is -2.49. The molecule has 0 unspecified atom stereocenters. The van der Waals surface area contributed by atoms with E-state index in [1.807, 2.05) is 16.3 Å². The minimum atomic E-state index is -0.305. The third-order valence-electron chi connectivity index (χ3n) is 4.55. The Morgan fingerprint density at radius 2 is 2.00 bits per heavy atom. The van der Waals surface area contributed by atoms with E-state index in [1.54, 1.807) is 23.5 Å². The van der Waals surface area contributed by atoms with E-state index in [4.69, 9.17) is 0 Å². The molecule has 3 heterocycles. The summed E-state index contributed by atoms with van der Waals surface area (Å²) in [5.41, 5.74) is 1.73. The van der Waals surface area contributed by atoms with E-state index in [-0.39, 0.29) is 18.1 Å². The second-order valence-electron chi connectivity index (χ2n) is 6.29. The molecule has 1 amide bonds. The summed E-state index contributed by atoms with van der Waals surface area (Å²) >= 11 is 1.67. The number of H-pyrrole nitrogens is 1. The van der Waals surface area contributed by atoms with Crippen molar-refractivity contribution in [3.63, 3.8) is 0 Å². The van der Waals surface area contributed by atoms with Crippen molar-refractivity contribution in [3.8, 4) is 10.6 Å². The molecule has 4 rings (SSSR count). The van der Waals surface area contributed by atoms with E-state index in [2.05, 4.69) is 27.2 Å². The summed E-state index contributed by atoms with van der Waals surface area (Å²) in [6.07, 6.45) is 0.239. The Morgan fingerprint density at radius 1 is 1.15 bits per heavy atom. The number of aromatic amines is 1. The maximum atomic E-state index is 13.3. The minimum Gasteiger partial charge on any atom is -0.352 e. The molecule has 0 aliphatic carbocycles. The number of nitrogens with one attached hydrogen (secondary N) is 1. The van der Waals surface area contributed by atoms with E-state index in [9.17, 15) is 9.18 Å². The van der Waals surface area contributed by atoms with Crippen LogP contribution in [0.15, 0.2) is 47.8 Å². The van der Waals surface area contributed by atoms with Crippen LogP contribution in [0.4, 0.5) is 10.2 Å². The SMILES string of the molecule is O=C(Cc1cccc(F)c1)N1CCN(c2cc(-c3cccs3)[nH]n2)CC1. The number of nitrogens with zero attached hydrogens (tertiary/aromatic N) is 3. The summed E-state index contributed by atoms with van der Waals surface area (Å²) in [4.78, 5) is 17.6. The average molecular weight is 370 g/mol. The Morgan fingerprint density at radius 3 is 2.73 bits per heavy atom. The van der Waals surface area contributed by atoms with Crippen molar-refractivity contribution in [3.05, 3.63) is 59.2 Å². The van der Waals surface area contributed by atoms with Gasteiger partial charge in [0.15, 0.2) is 5.82 Å². The van der Waals surface area contributed by atoms with Crippen LogP contribution in [0.5, 0.6) is 0 Å². The van der Waals surface area contributed by atoms with Crippen LogP contribution in [0.25, 0.3) is 10.6 Å². The third kappa shape index (κ3) is 3.62. The Hall–Kier alpha value is -2.67. The summed E-state index contributed by atoms with van der Waals surface area (Å²) in [7, 11) is 0. The highest BCUT2D eigenvalue weighted by Crippen LogP contribution is 2.26. The Kier molecular flexibility index (Phi) is 4.71. The van der Waals surface area contributed by atoms with Gasteiger partial charge in [-0.15, -0.1) is 11.3 Å². The van der Waals surface area contributed by atoms with Crippen molar-refractivity contribution in [1.29, 1.82) is 0 Å². The predicted octanol–water partition coefficient (Wildman–Crippen LogP) is 3.17. The first-order valence-corrected chi connectivity index (χ1v) is 9.43. The zero-order chi connectivity index (χ0) is 17.9. The quantitative estimate of drug-likeness (QED) is 0.768. The van der Waals surface area contributed by atoms with Gasteiger partial charge in [0, 0.05) is 32.2 Å². The van der Waals surface area contributed by atoms with Crippen molar-refractivity contribution >= 4 is 23.1 Å².